The van der Waals surface area contributed by atoms with Gasteiger partial charge in [-0.1, -0.05) is 123 Å². The Morgan fingerprint density at radius 3 is 1.18 bits per heavy atom. The molecule has 338 valence electrons. The minimum atomic E-state index is -3.67. The van der Waals surface area contributed by atoms with E-state index in [1.54, 1.807) is 20.8 Å². The molecule has 61 heavy (non-hydrogen) atoms. The molecule has 0 fully saturated rings. The van der Waals surface area contributed by atoms with Crippen LogP contribution in [0.15, 0.2) is 91.0 Å². The van der Waals surface area contributed by atoms with Gasteiger partial charge in [0.1, 0.15) is 41.1 Å². The summed E-state index contributed by atoms with van der Waals surface area (Å²) in [5, 5.41) is 17.0. The fraction of sp³-hybridized carbons (Fsp3) is 0.415. The summed E-state index contributed by atoms with van der Waals surface area (Å²) in [6.07, 6.45) is -0.550. The van der Waals surface area contributed by atoms with E-state index >= 15 is 0 Å². The van der Waals surface area contributed by atoms with Gasteiger partial charge in [-0.3, -0.25) is 41.7 Å². The number of halogens is 5. The Kier molecular flexibility index (Phi) is 33.3. The summed E-state index contributed by atoms with van der Waals surface area (Å²) in [6.45, 7) is 11.5. The first kappa shape index (κ1) is 58.3. The molecule has 14 nitrogen and oxygen atoms in total. The Bertz CT molecular complexity index is 1600. The van der Waals surface area contributed by atoms with Crippen molar-refractivity contribution in [2.75, 3.05) is 13.2 Å². The fourth-order valence-corrected chi connectivity index (χ4v) is 4.31. The van der Waals surface area contributed by atoms with Crippen molar-refractivity contribution in [2.45, 2.75) is 95.0 Å². The summed E-state index contributed by atoms with van der Waals surface area (Å²) < 4.78 is 53.9. The Morgan fingerprint density at radius 2 is 0.918 bits per heavy atom. The van der Waals surface area contributed by atoms with Gasteiger partial charge in [-0.2, -0.15) is 0 Å². The lowest BCUT2D eigenvalue weighted by Gasteiger charge is -2.21. The predicted octanol–water partition coefficient (Wildman–Crippen LogP) is 7.65. The van der Waals surface area contributed by atoms with Crippen LogP contribution in [0.3, 0.4) is 0 Å². The van der Waals surface area contributed by atoms with Crippen LogP contribution in [0, 0.1) is 0 Å². The summed E-state index contributed by atoms with van der Waals surface area (Å²) in [5.41, 5.74) is 7.24. The molecule has 0 aliphatic carbocycles. The van der Waals surface area contributed by atoms with Crippen molar-refractivity contribution >= 4 is 75.2 Å². The van der Waals surface area contributed by atoms with E-state index in [1.165, 1.54) is 0 Å². The fourth-order valence-electron chi connectivity index (χ4n) is 3.69. The zero-order chi connectivity index (χ0) is 46.8. The minimum absolute atomic E-state index is 0.0538. The highest BCUT2D eigenvalue weighted by Crippen LogP contribution is 2.16. The molecule has 0 spiro atoms. The number of nitrogens with two attached hydrogens (primary N) is 1. The molecule has 0 saturated carbocycles. The van der Waals surface area contributed by atoms with Crippen molar-refractivity contribution in [2.24, 2.45) is 5.73 Å². The number of carboxylic acids is 2. The summed E-state index contributed by atoms with van der Waals surface area (Å²) in [7, 11) is -3.67. The molecule has 4 N–H and O–H groups in total. The third-order valence-corrected chi connectivity index (χ3v) is 7.88. The quantitative estimate of drug-likeness (QED) is 0.0513. The second kappa shape index (κ2) is 34.9. The van der Waals surface area contributed by atoms with Crippen LogP contribution >= 0.6 is 31.9 Å². The van der Waals surface area contributed by atoms with Crippen LogP contribution in [0.1, 0.15) is 70.6 Å². The van der Waals surface area contributed by atoms with Crippen molar-refractivity contribution in [1.82, 2.24) is 0 Å². The molecular weight excluding hydrogens is 942 g/mol. The van der Waals surface area contributed by atoms with Crippen molar-refractivity contribution in [3.63, 3.8) is 0 Å². The number of carbonyl (C=O) groups excluding carboxylic acids is 4. The number of benzene rings is 3. The molecule has 3 atom stereocenters. The topological polar surface area (TPSA) is 215 Å². The number of ether oxygens (including phenoxy) is 5. The highest BCUT2D eigenvalue weighted by Gasteiger charge is 2.26. The molecule has 0 heterocycles. The smallest absolute Gasteiger partial charge is 0.480 e. The maximum Gasteiger partial charge on any atom is 0.762 e. The second-order valence-electron chi connectivity index (χ2n) is 12.8. The number of hydrogen-bond donors (Lipinski definition) is 3. The maximum absolute atomic E-state index is 11.7. The lowest BCUT2D eigenvalue weighted by molar-refractivity contribution is -0.157. The van der Waals surface area contributed by atoms with Gasteiger partial charge < -0.3 is 39.6 Å². The van der Waals surface area contributed by atoms with E-state index in [-0.39, 0.29) is 39.1 Å². The van der Waals surface area contributed by atoms with Crippen LogP contribution in [0.2, 0.25) is 0 Å². The van der Waals surface area contributed by atoms with Gasteiger partial charge in [0.25, 0.3) is 0 Å². The van der Waals surface area contributed by atoms with Crippen LogP contribution < -0.4 is 5.73 Å². The van der Waals surface area contributed by atoms with Crippen molar-refractivity contribution in [3.8, 4) is 0 Å². The summed E-state index contributed by atoms with van der Waals surface area (Å²) in [5.74, 6) is -4.34. The summed E-state index contributed by atoms with van der Waals surface area (Å²) >= 11 is 6.02. The molecule has 3 rings (SSSR count). The van der Waals surface area contributed by atoms with Crippen LogP contribution in [-0.4, -0.2) is 88.1 Å². The molecule has 0 aromatic heterocycles. The van der Waals surface area contributed by atoms with E-state index in [1.807, 2.05) is 105 Å². The molecule has 3 aromatic rings. The summed E-state index contributed by atoms with van der Waals surface area (Å²) in [6, 6.07) is 26.5. The van der Waals surface area contributed by atoms with Crippen molar-refractivity contribution < 1.29 is 75.6 Å². The molecule has 0 aliphatic heterocycles. The molecule has 0 bridgehead atoms. The predicted molar refractivity (Wildman–Crippen MR) is 228 cm³/mol. The molecule has 0 radical (unpaired) electrons. The highest BCUT2D eigenvalue weighted by atomic mass is 79.9. The van der Waals surface area contributed by atoms with E-state index in [4.69, 9.17) is 39.6 Å². The molecule has 3 unspecified atom stereocenters. The van der Waals surface area contributed by atoms with E-state index in [2.05, 4.69) is 31.9 Å². The Morgan fingerprint density at radius 1 is 0.607 bits per heavy atom. The van der Waals surface area contributed by atoms with Gasteiger partial charge in [0.15, 0.2) is 0 Å². The molecule has 0 amide bonds. The maximum atomic E-state index is 11.7. The lowest BCUT2D eigenvalue weighted by Crippen LogP contribution is -2.33. The third-order valence-electron chi connectivity index (χ3n) is 6.46. The summed E-state index contributed by atoms with van der Waals surface area (Å²) in [4.78, 5) is 65.0. The SMILES string of the molecule is CC(C)(C)OC(=O)C(Br)CC(=O)OCc1ccccc1.CCOCC.FB(F)F.NC(CC(=O)OCc1ccccc1)C(=O)O.O=C(CC(Br)C(=O)O)OCc1ccccc1. The highest BCUT2D eigenvalue weighted by molar-refractivity contribution is 9.10. The molecular formula is C41H53BBr2F3NO13. The normalized spacial score (nSPS) is 11.5. The number of carboxylic acid groups (broad SMARTS) is 2. The number of esters is 4. The van der Waals surface area contributed by atoms with Crippen molar-refractivity contribution in [3.05, 3.63) is 108 Å². The Labute approximate surface area is 371 Å². The van der Waals surface area contributed by atoms with E-state index in [9.17, 15) is 41.7 Å². The average molecular weight is 995 g/mol. The van der Waals surface area contributed by atoms with Crippen LogP contribution in [0.25, 0.3) is 0 Å². The Hall–Kier alpha value is -4.79. The van der Waals surface area contributed by atoms with Gasteiger partial charge in [-0.05, 0) is 51.3 Å². The van der Waals surface area contributed by atoms with Gasteiger partial charge >= 0.3 is 43.4 Å². The van der Waals surface area contributed by atoms with Gasteiger partial charge in [0.2, 0.25) is 0 Å². The first-order valence-electron chi connectivity index (χ1n) is 18.4. The van der Waals surface area contributed by atoms with E-state index in [0.717, 1.165) is 29.9 Å². The van der Waals surface area contributed by atoms with Crippen molar-refractivity contribution in [1.29, 1.82) is 0 Å². The van der Waals surface area contributed by atoms with E-state index < -0.39 is 64.7 Å². The number of carbonyl (C=O) groups is 6. The first-order valence-corrected chi connectivity index (χ1v) is 20.3. The largest absolute Gasteiger partial charge is 0.762 e. The zero-order valence-electron chi connectivity index (χ0n) is 34.5. The molecule has 0 aliphatic rings. The third kappa shape index (κ3) is 36.8. The first-order chi connectivity index (χ1) is 28.6. The number of aliphatic carboxylic acids is 2. The van der Waals surface area contributed by atoms with E-state index in [0.29, 0.717) is 0 Å². The van der Waals surface area contributed by atoms with Gasteiger partial charge in [-0.15, -0.1) is 0 Å². The van der Waals surface area contributed by atoms with Gasteiger partial charge in [0.05, 0.1) is 19.3 Å². The standard InChI is InChI=1S/C15H19BrO4.C11H11BrO4.C11H13NO4.C4H10O.BF3/c1-15(2,3)20-14(18)12(16)9-13(17)19-10-11-7-5-4-6-8-11;2*12-9(11(14)15)6-10(13)16-7-8-4-2-1-3-5-8;1-3-5-4-2;2-1(3)4/h4-8,12H,9-10H2,1-3H3;1-5,9H,6-7H2,(H,14,15);1-5,9H,6-7,12H2,(H,14,15);3-4H2,1-2H3;. The minimum Gasteiger partial charge on any atom is -0.480 e. The van der Waals surface area contributed by atoms with Gasteiger partial charge in [-0.25, -0.2) is 0 Å². The van der Waals surface area contributed by atoms with Crippen LogP contribution in [0.4, 0.5) is 12.9 Å². The molecule has 3 aromatic carbocycles. The number of rotatable bonds is 17. The van der Waals surface area contributed by atoms with Crippen LogP contribution in [0.5, 0.6) is 0 Å². The Balaban J connectivity index is 0. The average Bonchev–Trinajstić information content (AvgIpc) is 3.20. The monoisotopic (exact) mass is 993 g/mol. The van der Waals surface area contributed by atoms with Gasteiger partial charge in [0, 0.05) is 13.2 Å². The number of alkyl halides is 2. The zero-order valence-corrected chi connectivity index (χ0v) is 37.7. The molecule has 20 heteroatoms. The lowest BCUT2D eigenvalue weighted by atomic mass is 10.2. The second-order valence-corrected chi connectivity index (χ2v) is 15.0. The number of hydrogen-bond acceptors (Lipinski definition) is 12. The molecule has 0 saturated heterocycles. The van der Waals surface area contributed by atoms with Crippen LogP contribution in [-0.2, 0) is 72.3 Å².